The van der Waals surface area contributed by atoms with Gasteiger partial charge in [-0.15, -0.1) is 0 Å². The van der Waals surface area contributed by atoms with E-state index in [2.05, 4.69) is 10.0 Å². The van der Waals surface area contributed by atoms with Gasteiger partial charge in [-0.3, -0.25) is 0 Å². The van der Waals surface area contributed by atoms with Crippen LogP contribution in [0.3, 0.4) is 0 Å². The van der Waals surface area contributed by atoms with Gasteiger partial charge >= 0.3 is 0 Å². The third kappa shape index (κ3) is 2.61. The number of benzene rings is 2. The molecule has 19 heavy (non-hydrogen) atoms. The van der Waals surface area contributed by atoms with Crippen molar-refractivity contribution in [1.29, 1.82) is 0 Å². The Hall–Kier alpha value is -2.65. The monoisotopic (exact) mass is 255 g/mol. The molecule has 0 unspecified atom stereocenters. The van der Waals surface area contributed by atoms with Crippen molar-refractivity contribution in [1.82, 2.24) is 0 Å². The molecule has 0 aromatic heterocycles. The van der Waals surface area contributed by atoms with Gasteiger partial charge in [-0.05, 0) is 23.2 Å². The molecule has 0 heterocycles. The van der Waals surface area contributed by atoms with Crippen molar-refractivity contribution in [3.05, 3.63) is 52.9 Å². The molecule has 96 valence electrons. The largest absolute Gasteiger partial charge is 0.497 e. The second-order valence-corrected chi connectivity index (χ2v) is 3.78. The fraction of sp³-hybridized carbons (Fsp3) is 0.143. The molecule has 5 heteroatoms. The number of hydrogen-bond acceptors (Lipinski definition) is 3. The topological polar surface area (TPSA) is 67.2 Å². The van der Waals surface area contributed by atoms with E-state index in [1.807, 2.05) is 36.4 Å². The lowest BCUT2D eigenvalue weighted by Gasteiger charge is -2.13. The van der Waals surface area contributed by atoms with E-state index in [4.69, 9.17) is 15.0 Å². The van der Waals surface area contributed by atoms with E-state index < -0.39 is 0 Å². The highest BCUT2D eigenvalue weighted by Crippen LogP contribution is 2.41. The van der Waals surface area contributed by atoms with E-state index in [0.717, 1.165) is 11.1 Å². The Morgan fingerprint density at radius 3 is 2.37 bits per heavy atom. The van der Waals surface area contributed by atoms with Gasteiger partial charge in [0.05, 0.1) is 19.9 Å². The quantitative estimate of drug-likeness (QED) is 0.464. The molecule has 2 aromatic rings. The molecule has 0 atom stereocenters. The van der Waals surface area contributed by atoms with E-state index in [0.29, 0.717) is 17.2 Å². The Morgan fingerprint density at radius 1 is 1.05 bits per heavy atom. The lowest BCUT2D eigenvalue weighted by Crippen LogP contribution is -1.91. The van der Waals surface area contributed by atoms with Gasteiger partial charge < -0.3 is 9.47 Å². The zero-order valence-electron chi connectivity index (χ0n) is 10.7. The van der Waals surface area contributed by atoms with Gasteiger partial charge in [0, 0.05) is 10.5 Å². The van der Waals surface area contributed by atoms with Crippen LogP contribution in [-0.4, -0.2) is 14.2 Å². The Kier molecular flexibility index (Phi) is 3.90. The summed E-state index contributed by atoms with van der Waals surface area (Å²) in [7, 11) is 3.11. The van der Waals surface area contributed by atoms with E-state index in [1.54, 1.807) is 20.3 Å². The van der Waals surface area contributed by atoms with Gasteiger partial charge in [0.25, 0.3) is 0 Å². The van der Waals surface area contributed by atoms with Crippen LogP contribution in [0.15, 0.2) is 47.6 Å². The molecule has 0 spiro atoms. The molecule has 0 radical (unpaired) electrons. The van der Waals surface area contributed by atoms with Crippen LogP contribution in [-0.2, 0) is 0 Å². The summed E-state index contributed by atoms with van der Waals surface area (Å²) in [6.45, 7) is 0. The van der Waals surface area contributed by atoms with Gasteiger partial charge in [0.1, 0.15) is 11.5 Å². The van der Waals surface area contributed by atoms with Crippen LogP contribution in [0.4, 0.5) is 5.69 Å². The first-order chi connectivity index (χ1) is 9.30. The second-order valence-electron chi connectivity index (χ2n) is 3.78. The minimum atomic E-state index is 0.406. The average molecular weight is 255 g/mol. The highest BCUT2D eigenvalue weighted by Gasteiger charge is 2.12. The standard InChI is InChI=1S/C14H13N3O2/c1-18-11-8-12(10-6-4-3-5-7-10)14(19-2)13(9-11)16-17-15/h3-9H,1-2H3. The summed E-state index contributed by atoms with van der Waals surface area (Å²) >= 11 is 0. The van der Waals surface area contributed by atoms with Crippen molar-refractivity contribution in [3.8, 4) is 22.6 Å². The van der Waals surface area contributed by atoms with E-state index in [1.165, 1.54) is 0 Å². The molecule has 0 fully saturated rings. The smallest absolute Gasteiger partial charge is 0.136 e. The molecule has 2 aromatic carbocycles. The highest BCUT2D eigenvalue weighted by atomic mass is 16.5. The van der Waals surface area contributed by atoms with Crippen molar-refractivity contribution in [2.75, 3.05) is 14.2 Å². The molecule has 0 saturated carbocycles. The van der Waals surface area contributed by atoms with Crippen LogP contribution >= 0.6 is 0 Å². The predicted octanol–water partition coefficient (Wildman–Crippen LogP) is 4.31. The zero-order chi connectivity index (χ0) is 13.7. The SMILES string of the molecule is COc1cc(N=[N+]=[N-])c(OC)c(-c2ccccc2)c1. The zero-order valence-corrected chi connectivity index (χ0v) is 10.7. The van der Waals surface area contributed by atoms with Crippen LogP contribution in [0.5, 0.6) is 11.5 Å². The molecule has 5 nitrogen and oxygen atoms in total. The first-order valence-corrected chi connectivity index (χ1v) is 5.66. The molecule has 0 aliphatic heterocycles. The van der Waals surface area contributed by atoms with Gasteiger partial charge in [0.15, 0.2) is 0 Å². The minimum absolute atomic E-state index is 0.406. The molecule has 0 aliphatic carbocycles. The molecule has 0 aliphatic rings. The van der Waals surface area contributed by atoms with Crippen LogP contribution in [0.2, 0.25) is 0 Å². The Labute approximate surface area is 111 Å². The van der Waals surface area contributed by atoms with Gasteiger partial charge in [-0.2, -0.15) is 0 Å². The number of methoxy groups -OCH3 is 2. The Balaban J connectivity index is 2.70. The Morgan fingerprint density at radius 2 is 1.79 bits per heavy atom. The maximum atomic E-state index is 8.63. The van der Waals surface area contributed by atoms with Crippen LogP contribution in [0.25, 0.3) is 21.6 Å². The second kappa shape index (κ2) is 5.80. The first-order valence-electron chi connectivity index (χ1n) is 5.66. The number of nitrogens with zero attached hydrogens (tertiary/aromatic N) is 3. The van der Waals surface area contributed by atoms with E-state index >= 15 is 0 Å². The maximum absolute atomic E-state index is 8.63. The molecule has 0 bridgehead atoms. The third-order valence-electron chi connectivity index (χ3n) is 2.72. The maximum Gasteiger partial charge on any atom is 0.136 e. The van der Waals surface area contributed by atoms with Crippen molar-refractivity contribution in [3.63, 3.8) is 0 Å². The van der Waals surface area contributed by atoms with E-state index in [-0.39, 0.29) is 0 Å². The fourth-order valence-corrected chi connectivity index (χ4v) is 1.87. The first kappa shape index (κ1) is 12.8. The van der Waals surface area contributed by atoms with Crippen molar-refractivity contribution in [2.24, 2.45) is 5.11 Å². The van der Waals surface area contributed by atoms with E-state index in [9.17, 15) is 0 Å². The molecule has 0 N–H and O–H groups in total. The summed E-state index contributed by atoms with van der Waals surface area (Å²) in [4.78, 5) is 2.81. The minimum Gasteiger partial charge on any atom is -0.497 e. The van der Waals surface area contributed by atoms with Crippen LogP contribution < -0.4 is 9.47 Å². The summed E-state index contributed by atoms with van der Waals surface area (Å²) in [6.07, 6.45) is 0. The Bertz CT molecular complexity index is 620. The normalized spacial score (nSPS) is 9.58. The molecular weight excluding hydrogens is 242 g/mol. The summed E-state index contributed by atoms with van der Waals surface area (Å²) in [5.74, 6) is 1.15. The van der Waals surface area contributed by atoms with Crippen LogP contribution in [0.1, 0.15) is 0 Å². The molecule has 0 saturated heterocycles. The third-order valence-corrected chi connectivity index (χ3v) is 2.72. The summed E-state index contributed by atoms with van der Waals surface area (Å²) in [5, 5.41) is 3.65. The van der Waals surface area contributed by atoms with Gasteiger partial charge in [-0.25, -0.2) is 0 Å². The molecule has 0 amide bonds. The lowest BCUT2D eigenvalue weighted by molar-refractivity contribution is 0.405. The number of azide groups is 1. The lowest BCUT2D eigenvalue weighted by atomic mass is 10.0. The number of hydrogen-bond donors (Lipinski definition) is 0. The average Bonchev–Trinajstić information content (AvgIpc) is 2.47. The number of ether oxygens (including phenoxy) is 2. The van der Waals surface area contributed by atoms with Crippen molar-refractivity contribution in [2.45, 2.75) is 0 Å². The van der Waals surface area contributed by atoms with Gasteiger partial charge in [0.2, 0.25) is 0 Å². The number of rotatable bonds is 4. The summed E-state index contributed by atoms with van der Waals surface area (Å²) in [6, 6.07) is 13.2. The van der Waals surface area contributed by atoms with Gasteiger partial charge in [-0.1, -0.05) is 35.4 Å². The van der Waals surface area contributed by atoms with Crippen molar-refractivity contribution < 1.29 is 9.47 Å². The summed E-state index contributed by atoms with van der Waals surface area (Å²) in [5.41, 5.74) is 10.8. The summed E-state index contributed by atoms with van der Waals surface area (Å²) < 4.78 is 10.6. The predicted molar refractivity (Wildman–Crippen MR) is 73.8 cm³/mol. The molecular formula is C14H13N3O2. The molecule has 2 rings (SSSR count). The highest BCUT2D eigenvalue weighted by molar-refractivity contribution is 5.78. The van der Waals surface area contributed by atoms with Crippen molar-refractivity contribution >= 4 is 5.69 Å². The van der Waals surface area contributed by atoms with Crippen LogP contribution in [0, 0.1) is 0 Å². The fourth-order valence-electron chi connectivity index (χ4n) is 1.87.